The fourth-order valence-electron chi connectivity index (χ4n) is 1.53. The Morgan fingerprint density at radius 2 is 2.12 bits per heavy atom. The van der Waals surface area contributed by atoms with Crippen LogP contribution in [0, 0.1) is 5.82 Å². The zero-order valence-electron chi connectivity index (χ0n) is 9.64. The molecule has 1 amide bonds. The molecule has 2 atom stereocenters. The average Bonchev–Trinajstić information content (AvgIpc) is 2.20. The van der Waals surface area contributed by atoms with E-state index in [0.29, 0.717) is 9.30 Å². The highest BCUT2D eigenvalue weighted by Gasteiger charge is 2.16. The molecule has 0 aliphatic heterocycles. The summed E-state index contributed by atoms with van der Waals surface area (Å²) in [5.41, 5.74) is 0.0634. The van der Waals surface area contributed by atoms with Crippen LogP contribution in [0.1, 0.15) is 30.6 Å². The number of nitrogens with one attached hydrogen (secondary N) is 1. The lowest BCUT2D eigenvalue weighted by Crippen LogP contribution is -2.34. The molecular formula is C12H14Br2FNO. The van der Waals surface area contributed by atoms with Crippen LogP contribution in [0.15, 0.2) is 22.7 Å². The highest BCUT2D eigenvalue weighted by atomic mass is 79.9. The Bertz CT molecular complexity index is 409. The molecular weight excluding hydrogens is 353 g/mol. The summed E-state index contributed by atoms with van der Waals surface area (Å²) in [6, 6.07) is 4.67. The normalized spacial score (nSPS) is 14.2. The van der Waals surface area contributed by atoms with Crippen LogP contribution in [0.2, 0.25) is 0 Å². The van der Waals surface area contributed by atoms with E-state index in [0.717, 1.165) is 6.42 Å². The van der Waals surface area contributed by atoms with Gasteiger partial charge in [0.1, 0.15) is 5.82 Å². The van der Waals surface area contributed by atoms with Gasteiger partial charge in [-0.3, -0.25) is 4.79 Å². The van der Waals surface area contributed by atoms with E-state index in [2.05, 4.69) is 37.2 Å². The largest absolute Gasteiger partial charge is 0.349 e. The van der Waals surface area contributed by atoms with Gasteiger partial charge in [-0.1, -0.05) is 28.9 Å². The van der Waals surface area contributed by atoms with Crippen molar-refractivity contribution in [2.24, 2.45) is 0 Å². The molecule has 2 unspecified atom stereocenters. The van der Waals surface area contributed by atoms with E-state index < -0.39 is 5.82 Å². The number of hydrogen-bond donors (Lipinski definition) is 1. The summed E-state index contributed by atoms with van der Waals surface area (Å²) in [7, 11) is 0. The summed E-state index contributed by atoms with van der Waals surface area (Å²) < 4.78 is 13.9. The smallest absolute Gasteiger partial charge is 0.254 e. The second kappa shape index (κ2) is 6.50. The van der Waals surface area contributed by atoms with Gasteiger partial charge < -0.3 is 5.32 Å². The first-order chi connectivity index (χ1) is 7.91. The van der Waals surface area contributed by atoms with E-state index in [4.69, 9.17) is 0 Å². The van der Waals surface area contributed by atoms with Gasteiger partial charge in [0.15, 0.2) is 0 Å². The Morgan fingerprint density at radius 3 is 2.71 bits per heavy atom. The Balaban J connectivity index is 2.73. The van der Waals surface area contributed by atoms with Crippen molar-refractivity contribution in [3.05, 3.63) is 34.1 Å². The number of alkyl halides is 1. The maximum Gasteiger partial charge on any atom is 0.254 e. The third-order valence-electron chi connectivity index (χ3n) is 2.25. The van der Waals surface area contributed by atoms with Crippen LogP contribution >= 0.6 is 31.9 Å². The fourth-order valence-corrected chi connectivity index (χ4v) is 2.45. The van der Waals surface area contributed by atoms with Crippen LogP contribution in [0.25, 0.3) is 0 Å². The van der Waals surface area contributed by atoms with Crippen molar-refractivity contribution in [3.63, 3.8) is 0 Å². The first-order valence-corrected chi connectivity index (χ1v) is 7.01. The SMILES string of the molecule is CC(Br)CC(C)NC(=O)c1cccc(Br)c1F. The Labute approximate surface area is 117 Å². The molecule has 0 radical (unpaired) electrons. The topological polar surface area (TPSA) is 29.1 Å². The van der Waals surface area contributed by atoms with E-state index in [9.17, 15) is 9.18 Å². The maximum absolute atomic E-state index is 13.6. The van der Waals surface area contributed by atoms with Crippen LogP contribution in [-0.2, 0) is 0 Å². The third-order valence-corrected chi connectivity index (χ3v) is 3.24. The molecule has 0 bridgehead atoms. The van der Waals surface area contributed by atoms with Gasteiger partial charge >= 0.3 is 0 Å². The first-order valence-electron chi connectivity index (χ1n) is 5.30. The van der Waals surface area contributed by atoms with Crippen molar-refractivity contribution in [2.75, 3.05) is 0 Å². The number of carbonyl (C=O) groups is 1. The van der Waals surface area contributed by atoms with Crippen LogP contribution in [0.4, 0.5) is 4.39 Å². The molecule has 1 aromatic carbocycles. The molecule has 17 heavy (non-hydrogen) atoms. The molecule has 0 aliphatic rings. The predicted octanol–water partition coefficient (Wildman–Crippen LogP) is 3.88. The van der Waals surface area contributed by atoms with Gasteiger partial charge in [0.2, 0.25) is 0 Å². The van der Waals surface area contributed by atoms with Gasteiger partial charge in [-0.2, -0.15) is 0 Å². The van der Waals surface area contributed by atoms with Gasteiger partial charge in [0.25, 0.3) is 5.91 Å². The van der Waals surface area contributed by atoms with Crippen LogP contribution in [-0.4, -0.2) is 16.8 Å². The quantitative estimate of drug-likeness (QED) is 0.805. The van der Waals surface area contributed by atoms with E-state index in [1.165, 1.54) is 6.07 Å². The molecule has 0 heterocycles. The molecule has 5 heteroatoms. The molecule has 0 saturated heterocycles. The van der Waals surface area contributed by atoms with Gasteiger partial charge in [-0.05, 0) is 41.4 Å². The highest BCUT2D eigenvalue weighted by Crippen LogP contribution is 2.18. The number of benzene rings is 1. The summed E-state index contributed by atoms with van der Waals surface area (Å²) in [5, 5.41) is 2.77. The Hall–Kier alpha value is -0.420. The van der Waals surface area contributed by atoms with Gasteiger partial charge in [-0.15, -0.1) is 0 Å². The number of halogens is 3. The molecule has 0 aromatic heterocycles. The zero-order valence-corrected chi connectivity index (χ0v) is 12.8. The van der Waals surface area contributed by atoms with Crippen molar-refractivity contribution in [3.8, 4) is 0 Å². The molecule has 0 saturated carbocycles. The average molecular weight is 367 g/mol. The first kappa shape index (κ1) is 14.6. The number of amides is 1. The molecule has 1 aromatic rings. The molecule has 0 aliphatic carbocycles. The van der Waals surface area contributed by atoms with E-state index in [1.807, 2.05) is 13.8 Å². The summed E-state index contributed by atoms with van der Waals surface area (Å²) in [6.45, 7) is 3.90. The maximum atomic E-state index is 13.6. The number of hydrogen-bond acceptors (Lipinski definition) is 1. The lowest BCUT2D eigenvalue weighted by atomic mass is 10.1. The Kier molecular flexibility index (Phi) is 5.59. The summed E-state index contributed by atoms with van der Waals surface area (Å²) in [4.78, 5) is 12.1. The summed E-state index contributed by atoms with van der Waals surface area (Å²) in [6.07, 6.45) is 0.793. The van der Waals surface area contributed by atoms with Gasteiger partial charge in [0.05, 0.1) is 10.0 Å². The van der Waals surface area contributed by atoms with Crippen molar-refractivity contribution in [1.29, 1.82) is 0 Å². The highest BCUT2D eigenvalue weighted by molar-refractivity contribution is 9.10. The summed E-state index contributed by atoms with van der Waals surface area (Å²) in [5.74, 6) is -0.909. The summed E-state index contributed by atoms with van der Waals surface area (Å²) >= 11 is 6.47. The monoisotopic (exact) mass is 365 g/mol. The molecule has 94 valence electrons. The van der Waals surface area contributed by atoms with Crippen molar-refractivity contribution >= 4 is 37.8 Å². The number of rotatable bonds is 4. The molecule has 0 spiro atoms. The van der Waals surface area contributed by atoms with Crippen LogP contribution < -0.4 is 5.32 Å². The van der Waals surface area contributed by atoms with Crippen LogP contribution in [0.3, 0.4) is 0 Å². The third kappa shape index (κ3) is 4.39. The molecule has 1 rings (SSSR count). The van der Waals surface area contributed by atoms with E-state index in [1.54, 1.807) is 12.1 Å². The minimum atomic E-state index is -0.524. The second-order valence-corrected chi connectivity index (χ2v) is 6.41. The second-order valence-electron chi connectivity index (χ2n) is 3.99. The Morgan fingerprint density at radius 1 is 1.47 bits per heavy atom. The minimum absolute atomic E-state index is 0.00439. The van der Waals surface area contributed by atoms with Gasteiger partial charge in [0, 0.05) is 10.9 Å². The predicted molar refractivity (Wildman–Crippen MR) is 74.0 cm³/mol. The van der Waals surface area contributed by atoms with Gasteiger partial charge in [-0.25, -0.2) is 4.39 Å². The van der Waals surface area contributed by atoms with Crippen LogP contribution in [0.5, 0.6) is 0 Å². The molecule has 0 fully saturated rings. The van der Waals surface area contributed by atoms with E-state index >= 15 is 0 Å². The minimum Gasteiger partial charge on any atom is -0.349 e. The van der Waals surface area contributed by atoms with Crippen molar-refractivity contribution < 1.29 is 9.18 Å². The zero-order chi connectivity index (χ0) is 13.0. The standard InChI is InChI=1S/C12H14Br2FNO/c1-7(13)6-8(2)16-12(17)9-4-3-5-10(14)11(9)15/h3-5,7-8H,6H2,1-2H3,(H,16,17). The van der Waals surface area contributed by atoms with E-state index in [-0.39, 0.29) is 17.5 Å². The lowest BCUT2D eigenvalue weighted by Gasteiger charge is -2.15. The fraction of sp³-hybridized carbons (Fsp3) is 0.417. The lowest BCUT2D eigenvalue weighted by molar-refractivity contribution is 0.0934. The van der Waals surface area contributed by atoms with Crippen molar-refractivity contribution in [2.45, 2.75) is 31.1 Å². The molecule has 1 N–H and O–H groups in total. The van der Waals surface area contributed by atoms with Crippen molar-refractivity contribution in [1.82, 2.24) is 5.32 Å². The number of carbonyl (C=O) groups excluding carboxylic acids is 1. The molecule has 2 nitrogen and oxygen atoms in total.